The van der Waals surface area contributed by atoms with E-state index in [1.54, 1.807) is 11.8 Å². The minimum absolute atomic E-state index is 0.0184. The topological polar surface area (TPSA) is 57.8 Å². The first-order valence-electron chi connectivity index (χ1n) is 6.85. The number of rotatable bonds is 4. The van der Waals surface area contributed by atoms with Crippen molar-refractivity contribution >= 4 is 23.5 Å². The standard InChI is InChI=1S/C16H21N3OS/c1-16(2,3)13-9-14(19-18-13)17-15(20)12-7-5-11(6-8-12)10-21-4/h5-9H,10H2,1-4H3,(H2,17,18,19,20). The van der Waals surface area contributed by atoms with Gasteiger partial charge in [-0.25, -0.2) is 0 Å². The lowest BCUT2D eigenvalue weighted by atomic mass is 9.92. The molecule has 2 rings (SSSR count). The Morgan fingerprint density at radius 2 is 1.95 bits per heavy atom. The lowest BCUT2D eigenvalue weighted by Gasteiger charge is -2.14. The summed E-state index contributed by atoms with van der Waals surface area (Å²) in [5.41, 5.74) is 2.83. The smallest absolute Gasteiger partial charge is 0.256 e. The van der Waals surface area contributed by atoms with E-state index in [9.17, 15) is 4.79 Å². The molecule has 1 amide bonds. The van der Waals surface area contributed by atoms with Crippen molar-refractivity contribution in [2.75, 3.05) is 11.6 Å². The molecule has 0 aliphatic heterocycles. The zero-order valence-corrected chi connectivity index (χ0v) is 13.7. The highest BCUT2D eigenvalue weighted by atomic mass is 32.2. The number of thioether (sulfide) groups is 1. The molecule has 112 valence electrons. The predicted molar refractivity (Wildman–Crippen MR) is 88.9 cm³/mol. The number of H-pyrrole nitrogens is 1. The van der Waals surface area contributed by atoms with Crippen LogP contribution in [0.4, 0.5) is 5.82 Å². The Bertz CT molecular complexity index is 611. The van der Waals surface area contributed by atoms with E-state index in [0.29, 0.717) is 11.4 Å². The molecule has 21 heavy (non-hydrogen) atoms. The first-order chi connectivity index (χ1) is 9.90. The van der Waals surface area contributed by atoms with E-state index in [1.165, 1.54) is 5.56 Å². The number of hydrogen-bond donors (Lipinski definition) is 2. The molecule has 1 aromatic carbocycles. The molecule has 1 aromatic heterocycles. The van der Waals surface area contributed by atoms with Gasteiger partial charge in [0.05, 0.1) is 0 Å². The van der Waals surface area contributed by atoms with Gasteiger partial charge in [0.15, 0.2) is 5.82 Å². The number of benzene rings is 1. The van der Waals surface area contributed by atoms with Gasteiger partial charge in [0.25, 0.3) is 5.91 Å². The van der Waals surface area contributed by atoms with Gasteiger partial charge in [0, 0.05) is 28.5 Å². The van der Waals surface area contributed by atoms with Crippen LogP contribution in [0.5, 0.6) is 0 Å². The first kappa shape index (κ1) is 15.6. The van der Waals surface area contributed by atoms with Crippen molar-refractivity contribution in [3.05, 3.63) is 47.2 Å². The summed E-state index contributed by atoms with van der Waals surface area (Å²) in [4.78, 5) is 12.2. The van der Waals surface area contributed by atoms with E-state index in [4.69, 9.17) is 0 Å². The van der Waals surface area contributed by atoms with Gasteiger partial charge in [0.2, 0.25) is 0 Å². The van der Waals surface area contributed by atoms with Crippen LogP contribution in [-0.4, -0.2) is 22.4 Å². The number of nitrogens with zero attached hydrogens (tertiary/aromatic N) is 1. The van der Waals surface area contributed by atoms with Gasteiger partial charge in [-0.3, -0.25) is 9.89 Å². The second-order valence-electron chi connectivity index (χ2n) is 6.00. The molecule has 0 fully saturated rings. The van der Waals surface area contributed by atoms with Crippen LogP contribution < -0.4 is 5.32 Å². The molecule has 0 unspecified atom stereocenters. The quantitative estimate of drug-likeness (QED) is 0.902. The van der Waals surface area contributed by atoms with Crippen molar-refractivity contribution < 1.29 is 4.79 Å². The summed E-state index contributed by atoms with van der Waals surface area (Å²) in [5, 5.41) is 9.91. The number of amides is 1. The molecule has 0 spiro atoms. The zero-order chi connectivity index (χ0) is 15.5. The normalized spacial score (nSPS) is 11.4. The molecule has 1 heterocycles. The van der Waals surface area contributed by atoms with Crippen LogP contribution in [0.3, 0.4) is 0 Å². The van der Waals surface area contributed by atoms with E-state index < -0.39 is 0 Å². The van der Waals surface area contributed by atoms with Crippen molar-refractivity contribution in [2.24, 2.45) is 0 Å². The van der Waals surface area contributed by atoms with Gasteiger partial charge in [-0.2, -0.15) is 16.9 Å². The number of nitrogens with one attached hydrogen (secondary N) is 2. The molecule has 0 aliphatic rings. The number of anilines is 1. The van der Waals surface area contributed by atoms with Gasteiger partial charge in [-0.1, -0.05) is 32.9 Å². The average Bonchev–Trinajstić information content (AvgIpc) is 2.88. The number of carbonyl (C=O) groups excluding carboxylic acids is 1. The maximum Gasteiger partial charge on any atom is 0.256 e. The molecule has 0 atom stereocenters. The molecule has 0 radical (unpaired) electrons. The summed E-state index contributed by atoms with van der Waals surface area (Å²) in [6.07, 6.45) is 2.06. The van der Waals surface area contributed by atoms with Gasteiger partial charge < -0.3 is 5.32 Å². The number of hydrogen-bond acceptors (Lipinski definition) is 3. The van der Waals surface area contributed by atoms with Crippen LogP contribution in [0.2, 0.25) is 0 Å². The Morgan fingerprint density at radius 3 is 2.48 bits per heavy atom. The molecule has 2 aromatic rings. The number of aromatic amines is 1. The van der Waals surface area contributed by atoms with E-state index >= 15 is 0 Å². The van der Waals surface area contributed by atoms with Crippen LogP contribution in [0.15, 0.2) is 30.3 Å². The van der Waals surface area contributed by atoms with Crippen LogP contribution in [-0.2, 0) is 11.2 Å². The maximum absolute atomic E-state index is 12.2. The molecular formula is C16H21N3OS. The van der Waals surface area contributed by atoms with Crippen molar-refractivity contribution in [3.8, 4) is 0 Å². The Morgan fingerprint density at radius 1 is 1.29 bits per heavy atom. The molecule has 0 saturated carbocycles. The first-order valence-corrected chi connectivity index (χ1v) is 8.24. The summed E-state index contributed by atoms with van der Waals surface area (Å²) in [7, 11) is 0. The Kier molecular flexibility index (Phi) is 4.73. The fraction of sp³-hybridized carbons (Fsp3) is 0.375. The van der Waals surface area contributed by atoms with Gasteiger partial charge in [-0.05, 0) is 24.0 Å². The molecular weight excluding hydrogens is 282 g/mol. The third kappa shape index (κ3) is 4.11. The van der Waals surface area contributed by atoms with E-state index in [-0.39, 0.29) is 11.3 Å². The molecule has 2 N–H and O–H groups in total. The fourth-order valence-corrected chi connectivity index (χ4v) is 2.40. The molecule has 0 bridgehead atoms. The second-order valence-corrected chi connectivity index (χ2v) is 6.87. The van der Waals surface area contributed by atoms with Crippen LogP contribution in [0.25, 0.3) is 0 Å². The van der Waals surface area contributed by atoms with Crippen molar-refractivity contribution in [1.82, 2.24) is 10.2 Å². The fourth-order valence-electron chi connectivity index (χ4n) is 1.88. The minimum atomic E-state index is -0.141. The van der Waals surface area contributed by atoms with E-state index in [2.05, 4.69) is 42.5 Å². The van der Waals surface area contributed by atoms with Crippen LogP contribution >= 0.6 is 11.8 Å². The summed E-state index contributed by atoms with van der Waals surface area (Å²) in [5.74, 6) is 1.37. The number of carbonyl (C=O) groups is 1. The highest BCUT2D eigenvalue weighted by molar-refractivity contribution is 7.97. The Balaban J connectivity index is 2.05. The Hall–Kier alpha value is -1.75. The summed E-state index contributed by atoms with van der Waals surface area (Å²) >= 11 is 1.76. The summed E-state index contributed by atoms with van der Waals surface area (Å²) in [6, 6.07) is 9.53. The average molecular weight is 303 g/mol. The van der Waals surface area contributed by atoms with E-state index in [0.717, 1.165) is 11.4 Å². The Labute approximate surface area is 129 Å². The van der Waals surface area contributed by atoms with Gasteiger partial charge in [0.1, 0.15) is 0 Å². The lowest BCUT2D eigenvalue weighted by molar-refractivity contribution is 0.102. The van der Waals surface area contributed by atoms with Crippen LogP contribution in [0.1, 0.15) is 42.4 Å². The highest BCUT2D eigenvalue weighted by Gasteiger charge is 2.17. The summed E-state index contributed by atoms with van der Waals surface area (Å²) in [6.45, 7) is 6.28. The maximum atomic E-state index is 12.2. The van der Waals surface area contributed by atoms with Gasteiger partial charge in [-0.15, -0.1) is 0 Å². The van der Waals surface area contributed by atoms with Crippen LogP contribution in [0, 0.1) is 0 Å². The highest BCUT2D eigenvalue weighted by Crippen LogP contribution is 2.22. The SMILES string of the molecule is CSCc1ccc(C(=O)Nc2cc(C(C)(C)C)[nH]n2)cc1. The molecule has 0 aliphatic carbocycles. The second kappa shape index (κ2) is 6.35. The summed E-state index contributed by atoms with van der Waals surface area (Å²) < 4.78 is 0. The van der Waals surface area contributed by atoms with Gasteiger partial charge >= 0.3 is 0 Å². The predicted octanol–water partition coefficient (Wildman–Crippen LogP) is 3.82. The molecule has 4 nitrogen and oxygen atoms in total. The third-order valence-electron chi connectivity index (χ3n) is 3.15. The minimum Gasteiger partial charge on any atom is -0.305 e. The largest absolute Gasteiger partial charge is 0.305 e. The molecule has 0 saturated heterocycles. The third-order valence-corrected chi connectivity index (χ3v) is 3.78. The molecule has 5 heteroatoms. The monoisotopic (exact) mass is 303 g/mol. The van der Waals surface area contributed by atoms with Crippen molar-refractivity contribution in [2.45, 2.75) is 31.9 Å². The lowest BCUT2D eigenvalue weighted by Crippen LogP contribution is -2.12. The van der Waals surface area contributed by atoms with E-state index in [1.807, 2.05) is 30.3 Å². The number of aromatic nitrogens is 2. The van der Waals surface area contributed by atoms with Crippen molar-refractivity contribution in [3.63, 3.8) is 0 Å². The zero-order valence-electron chi connectivity index (χ0n) is 12.9. The van der Waals surface area contributed by atoms with Crippen molar-refractivity contribution in [1.29, 1.82) is 0 Å².